The van der Waals surface area contributed by atoms with E-state index < -0.39 is 0 Å². The number of fused-ring (bicyclic) bond motifs is 1. The first-order chi connectivity index (χ1) is 19.0. The third-order valence-corrected chi connectivity index (χ3v) is 7.22. The quantitative estimate of drug-likeness (QED) is 0.234. The maximum atomic E-state index is 13.6. The second kappa shape index (κ2) is 10.4. The number of amides is 1. The van der Waals surface area contributed by atoms with Crippen LogP contribution in [0, 0.1) is 12.7 Å². The van der Waals surface area contributed by atoms with Crippen LogP contribution >= 0.6 is 11.6 Å². The number of aryl methyl sites for hydroxylation is 1. The first kappa shape index (κ1) is 24.9. The number of nitrogens with one attached hydrogen (secondary N) is 1. The molecule has 0 fully saturated rings. The molecule has 1 unspecified atom stereocenters. The number of hydrogen-bond donors (Lipinski definition) is 1. The predicted molar refractivity (Wildman–Crippen MR) is 149 cm³/mol. The van der Waals surface area contributed by atoms with Crippen LogP contribution in [-0.4, -0.2) is 21.0 Å². The van der Waals surface area contributed by atoms with Gasteiger partial charge in [-0.1, -0.05) is 77.8 Å². The van der Waals surface area contributed by atoms with E-state index in [4.69, 9.17) is 16.3 Å². The van der Waals surface area contributed by atoms with Gasteiger partial charge in [0.15, 0.2) is 0 Å². The van der Waals surface area contributed by atoms with Gasteiger partial charge in [-0.3, -0.25) is 9.89 Å². The lowest BCUT2D eigenvalue weighted by Gasteiger charge is -2.26. The fourth-order valence-electron chi connectivity index (χ4n) is 4.92. The summed E-state index contributed by atoms with van der Waals surface area (Å²) < 4.78 is 19.6. The van der Waals surface area contributed by atoms with Crippen molar-refractivity contribution in [1.82, 2.24) is 15.1 Å². The van der Waals surface area contributed by atoms with Crippen LogP contribution < -0.4 is 4.74 Å². The van der Waals surface area contributed by atoms with Gasteiger partial charge < -0.3 is 9.64 Å². The fraction of sp³-hybridized carbons (Fsp3) is 0.125. The van der Waals surface area contributed by atoms with Crippen molar-refractivity contribution in [3.63, 3.8) is 0 Å². The molecule has 39 heavy (non-hydrogen) atoms. The van der Waals surface area contributed by atoms with Crippen molar-refractivity contribution in [1.29, 1.82) is 0 Å². The summed E-state index contributed by atoms with van der Waals surface area (Å²) in [4.78, 5) is 15.5. The molecule has 4 aromatic carbocycles. The molecule has 194 valence electrons. The van der Waals surface area contributed by atoms with E-state index in [9.17, 15) is 9.18 Å². The van der Waals surface area contributed by atoms with Crippen LogP contribution in [0.15, 0.2) is 97.1 Å². The first-order valence-electron chi connectivity index (χ1n) is 12.6. The van der Waals surface area contributed by atoms with E-state index in [1.165, 1.54) is 12.1 Å². The summed E-state index contributed by atoms with van der Waals surface area (Å²) >= 11 is 5.98. The van der Waals surface area contributed by atoms with Crippen molar-refractivity contribution in [3.8, 4) is 17.0 Å². The number of aromatic nitrogens is 2. The van der Waals surface area contributed by atoms with Gasteiger partial charge in [-0.2, -0.15) is 5.10 Å². The number of H-pyrrole nitrogens is 1. The van der Waals surface area contributed by atoms with Gasteiger partial charge in [-0.05, 0) is 60.0 Å². The van der Waals surface area contributed by atoms with Crippen LogP contribution in [0.4, 0.5) is 4.39 Å². The van der Waals surface area contributed by atoms with E-state index in [0.29, 0.717) is 29.6 Å². The van der Waals surface area contributed by atoms with Crippen LogP contribution in [0.2, 0.25) is 5.02 Å². The van der Waals surface area contributed by atoms with Crippen molar-refractivity contribution >= 4 is 17.5 Å². The molecule has 5 nitrogen and oxygen atoms in total. The average molecular weight is 538 g/mol. The van der Waals surface area contributed by atoms with Crippen LogP contribution in [0.5, 0.6) is 5.75 Å². The summed E-state index contributed by atoms with van der Waals surface area (Å²) in [5.74, 6) is 0.260. The van der Waals surface area contributed by atoms with Crippen LogP contribution in [0.3, 0.4) is 0 Å². The molecule has 0 saturated carbocycles. The zero-order chi connectivity index (χ0) is 26.9. The number of ether oxygens (including phenoxy) is 1. The number of rotatable bonds is 7. The highest BCUT2D eigenvalue weighted by molar-refractivity contribution is 6.30. The monoisotopic (exact) mass is 537 g/mol. The molecule has 1 aliphatic rings. The zero-order valence-electron chi connectivity index (χ0n) is 21.2. The molecule has 0 saturated heterocycles. The lowest BCUT2D eigenvalue weighted by molar-refractivity contribution is 0.0730. The molecule has 0 bridgehead atoms. The highest BCUT2D eigenvalue weighted by atomic mass is 35.5. The number of carbonyl (C=O) groups is 1. The van der Waals surface area contributed by atoms with Crippen LogP contribution in [0.1, 0.15) is 44.3 Å². The Balaban J connectivity index is 1.34. The molecular weight excluding hydrogens is 513 g/mol. The van der Waals surface area contributed by atoms with Crippen molar-refractivity contribution in [3.05, 3.63) is 141 Å². The summed E-state index contributed by atoms with van der Waals surface area (Å²) in [6, 6.07) is 29.3. The molecule has 1 amide bonds. The normalized spacial score (nSPS) is 14.5. The average Bonchev–Trinajstić information content (AvgIpc) is 3.49. The summed E-state index contributed by atoms with van der Waals surface area (Å²) in [5.41, 5.74) is 6.91. The molecule has 0 aliphatic carbocycles. The van der Waals surface area contributed by atoms with E-state index in [1.54, 1.807) is 17.0 Å². The Morgan fingerprint density at radius 3 is 2.26 bits per heavy atom. The van der Waals surface area contributed by atoms with Crippen molar-refractivity contribution in [2.45, 2.75) is 26.1 Å². The smallest absolute Gasteiger partial charge is 0.273 e. The highest BCUT2D eigenvalue weighted by Crippen LogP contribution is 2.43. The second-order valence-corrected chi connectivity index (χ2v) is 10.1. The Kier molecular flexibility index (Phi) is 6.63. The lowest BCUT2D eigenvalue weighted by atomic mass is 9.95. The summed E-state index contributed by atoms with van der Waals surface area (Å²) in [5, 5.41) is 8.22. The lowest BCUT2D eigenvalue weighted by Crippen LogP contribution is -2.29. The van der Waals surface area contributed by atoms with E-state index in [2.05, 4.69) is 10.2 Å². The van der Waals surface area contributed by atoms with Gasteiger partial charge in [0.05, 0.1) is 11.7 Å². The number of benzene rings is 4. The Morgan fingerprint density at radius 1 is 0.897 bits per heavy atom. The number of nitrogens with zero attached hydrogens (tertiary/aromatic N) is 2. The minimum Gasteiger partial charge on any atom is -0.489 e. The standard InChI is InChI=1S/C32H25ClFN3O2/c1-20-2-8-23(9-3-20)29-28-30(36-35-29)32(38)37(18-21-6-14-26(34)15-7-21)31(28)24-10-16-27(17-11-24)39-19-22-4-12-25(33)13-5-22/h2-17,31H,18-19H2,1H3,(H,35,36). The van der Waals surface area contributed by atoms with Gasteiger partial charge >= 0.3 is 0 Å². The van der Waals surface area contributed by atoms with Crippen LogP contribution in [0.25, 0.3) is 11.3 Å². The Hall–Kier alpha value is -4.42. The summed E-state index contributed by atoms with van der Waals surface area (Å²) in [7, 11) is 0. The Bertz CT molecular complexity index is 1610. The van der Waals surface area contributed by atoms with Gasteiger partial charge in [-0.15, -0.1) is 0 Å². The van der Waals surface area contributed by atoms with Crippen LogP contribution in [-0.2, 0) is 13.2 Å². The zero-order valence-corrected chi connectivity index (χ0v) is 22.0. The molecule has 7 heteroatoms. The topological polar surface area (TPSA) is 58.2 Å². The SMILES string of the molecule is Cc1ccc(-c2n[nH]c3c2C(c2ccc(OCc4ccc(Cl)cc4)cc2)N(Cc2ccc(F)cc2)C3=O)cc1. The van der Waals surface area contributed by atoms with Gasteiger partial charge in [0.25, 0.3) is 5.91 Å². The maximum absolute atomic E-state index is 13.6. The number of aromatic amines is 1. The summed E-state index contributed by atoms with van der Waals surface area (Å²) in [6.07, 6.45) is 0. The minimum absolute atomic E-state index is 0.145. The van der Waals surface area contributed by atoms with Gasteiger partial charge in [0, 0.05) is 22.7 Å². The van der Waals surface area contributed by atoms with Gasteiger partial charge in [-0.25, -0.2) is 4.39 Å². The molecule has 0 radical (unpaired) electrons. The molecule has 0 spiro atoms. The number of halogens is 2. The van der Waals surface area contributed by atoms with Crippen molar-refractivity contribution in [2.24, 2.45) is 0 Å². The largest absolute Gasteiger partial charge is 0.489 e. The van der Waals surface area contributed by atoms with Gasteiger partial charge in [0.1, 0.15) is 23.9 Å². The van der Waals surface area contributed by atoms with E-state index in [1.807, 2.05) is 79.7 Å². The molecule has 6 rings (SSSR count). The fourth-order valence-corrected chi connectivity index (χ4v) is 5.04. The Labute approximate surface area is 230 Å². The summed E-state index contributed by atoms with van der Waals surface area (Å²) in [6.45, 7) is 2.78. The minimum atomic E-state index is -0.377. The Morgan fingerprint density at radius 2 is 1.56 bits per heavy atom. The van der Waals surface area contributed by atoms with Gasteiger partial charge in [0.2, 0.25) is 0 Å². The number of carbonyl (C=O) groups excluding carboxylic acids is 1. The highest BCUT2D eigenvalue weighted by Gasteiger charge is 2.42. The van der Waals surface area contributed by atoms with Crippen molar-refractivity contribution in [2.75, 3.05) is 0 Å². The molecule has 5 aromatic rings. The van der Waals surface area contributed by atoms with E-state index >= 15 is 0 Å². The molecule has 2 heterocycles. The third-order valence-electron chi connectivity index (χ3n) is 6.97. The third kappa shape index (κ3) is 5.03. The number of hydrogen-bond acceptors (Lipinski definition) is 3. The molecule has 1 N–H and O–H groups in total. The molecule has 1 aromatic heterocycles. The molecular formula is C32H25ClFN3O2. The molecule has 1 aliphatic heterocycles. The predicted octanol–water partition coefficient (Wildman–Crippen LogP) is 7.50. The maximum Gasteiger partial charge on any atom is 0.273 e. The first-order valence-corrected chi connectivity index (χ1v) is 13.0. The van der Waals surface area contributed by atoms with E-state index in [-0.39, 0.29) is 17.8 Å². The van der Waals surface area contributed by atoms with E-state index in [0.717, 1.165) is 39.1 Å². The molecule has 1 atom stereocenters. The van der Waals surface area contributed by atoms with Crippen molar-refractivity contribution < 1.29 is 13.9 Å². The second-order valence-electron chi connectivity index (χ2n) is 9.67.